The van der Waals surface area contributed by atoms with Crippen LogP contribution in [-0.4, -0.2) is 15.5 Å². The highest BCUT2D eigenvalue weighted by atomic mass is 16.1. The van der Waals surface area contributed by atoms with Gasteiger partial charge in [-0.2, -0.15) is 0 Å². The molecule has 1 unspecified atom stereocenters. The maximum Gasteiger partial charge on any atom is 0.224 e. The van der Waals surface area contributed by atoms with Crippen molar-refractivity contribution in [2.75, 3.05) is 5.32 Å². The Hall–Kier alpha value is -2.88. The van der Waals surface area contributed by atoms with E-state index in [2.05, 4.69) is 51.3 Å². The van der Waals surface area contributed by atoms with Crippen LogP contribution in [0, 0.1) is 0 Å². The summed E-state index contributed by atoms with van der Waals surface area (Å²) in [6, 6.07) is 16.9. The van der Waals surface area contributed by atoms with E-state index >= 15 is 0 Å². The highest BCUT2D eigenvalue weighted by molar-refractivity contribution is 5.93. The number of benzene rings is 2. The Morgan fingerprint density at radius 2 is 1.96 bits per heavy atom. The van der Waals surface area contributed by atoms with Gasteiger partial charge in [0.05, 0.1) is 6.33 Å². The number of fused-ring (bicyclic) bond motifs is 1. The van der Waals surface area contributed by atoms with Gasteiger partial charge < -0.3 is 9.88 Å². The number of aromatic nitrogens is 2. The van der Waals surface area contributed by atoms with E-state index in [9.17, 15) is 4.79 Å². The lowest BCUT2D eigenvalue weighted by Crippen LogP contribution is -2.19. The van der Waals surface area contributed by atoms with Gasteiger partial charge in [-0.3, -0.25) is 4.79 Å². The number of aryl methyl sites for hydroxylation is 1. The molecule has 0 fully saturated rings. The van der Waals surface area contributed by atoms with Gasteiger partial charge in [0.25, 0.3) is 0 Å². The first kappa shape index (κ1) is 14.7. The number of anilines is 1. The molecule has 0 saturated carbocycles. The van der Waals surface area contributed by atoms with Crippen LogP contribution in [0.15, 0.2) is 67.3 Å². The maximum absolute atomic E-state index is 11.6. The molecule has 1 N–H and O–H groups in total. The number of carbonyl (C=O) groups excluding carboxylic acids is 1. The molecule has 4 nitrogen and oxygen atoms in total. The summed E-state index contributed by atoms with van der Waals surface area (Å²) in [6.07, 6.45) is 7.03. The minimum Gasteiger partial charge on any atom is -0.337 e. The number of amides is 1. The molecule has 1 aliphatic rings. The second-order valence-corrected chi connectivity index (χ2v) is 6.19. The average molecular weight is 317 g/mol. The van der Waals surface area contributed by atoms with Crippen molar-refractivity contribution in [3.8, 4) is 0 Å². The molecule has 120 valence electrons. The quantitative estimate of drug-likeness (QED) is 0.799. The van der Waals surface area contributed by atoms with Crippen LogP contribution in [0.4, 0.5) is 5.69 Å². The van der Waals surface area contributed by atoms with Gasteiger partial charge in [-0.15, -0.1) is 0 Å². The van der Waals surface area contributed by atoms with Crippen LogP contribution < -0.4 is 5.32 Å². The van der Waals surface area contributed by atoms with Gasteiger partial charge in [-0.1, -0.05) is 42.5 Å². The van der Waals surface area contributed by atoms with E-state index in [0.717, 1.165) is 18.7 Å². The van der Waals surface area contributed by atoms with E-state index in [1.165, 1.54) is 16.7 Å². The van der Waals surface area contributed by atoms with Gasteiger partial charge in [-0.25, -0.2) is 4.98 Å². The molecule has 3 aromatic rings. The molecular formula is C20H19N3O. The maximum atomic E-state index is 11.6. The van der Waals surface area contributed by atoms with E-state index in [1.54, 1.807) is 0 Å². The molecule has 24 heavy (non-hydrogen) atoms. The van der Waals surface area contributed by atoms with E-state index < -0.39 is 0 Å². The number of rotatable bonds is 4. The highest BCUT2D eigenvalue weighted by Crippen LogP contribution is 2.31. The summed E-state index contributed by atoms with van der Waals surface area (Å²) < 4.78 is 2.11. The summed E-state index contributed by atoms with van der Waals surface area (Å²) in [5.74, 6) is 0.358. The first-order valence-corrected chi connectivity index (χ1v) is 8.23. The van der Waals surface area contributed by atoms with Crippen LogP contribution >= 0.6 is 0 Å². The van der Waals surface area contributed by atoms with Crippen LogP contribution in [0.3, 0.4) is 0 Å². The topological polar surface area (TPSA) is 46.9 Å². The van der Waals surface area contributed by atoms with Crippen molar-refractivity contribution in [3.05, 3.63) is 83.9 Å². The first-order valence-electron chi connectivity index (χ1n) is 8.23. The Balaban J connectivity index is 1.72. The van der Waals surface area contributed by atoms with Crippen LogP contribution in [-0.2, 0) is 17.8 Å². The van der Waals surface area contributed by atoms with Crippen molar-refractivity contribution in [2.24, 2.45) is 0 Å². The molecule has 2 heterocycles. The van der Waals surface area contributed by atoms with Crippen LogP contribution in [0.25, 0.3) is 0 Å². The van der Waals surface area contributed by atoms with Gasteiger partial charge in [-0.05, 0) is 29.2 Å². The van der Waals surface area contributed by atoms with Gasteiger partial charge >= 0.3 is 0 Å². The van der Waals surface area contributed by atoms with Gasteiger partial charge in [0, 0.05) is 37.0 Å². The molecule has 1 aliphatic heterocycles. The predicted molar refractivity (Wildman–Crippen MR) is 93.9 cm³/mol. The van der Waals surface area contributed by atoms with Crippen molar-refractivity contribution in [1.29, 1.82) is 0 Å². The van der Waals surface area contributed by atoms with Gasteiger partial charge in [0.2, 0.25) is 5.91 Å². The molecule has 0 spiro atoms. The lowest BCUT2D eigenvalue weighted by atomic mass is 9.88. The second kappa shape index (κ2) is 6.32. The lowest BCUT2D eigenvalue weighted by molar-refractivity contribution is -0.116. The fourth-order valence-electron chi connectivity index (χ4n) is 3.31. The minimum absolute atomic E-state index is 0.105. The molecule has 4 heteroatoms. The molecule has 1 atom stereocenters. The fraction of sp³-hybridized carbons (Fsp3) is 0.200. The summed E-state index contributed by atoms with van der Waals surface area (Å²) in [7, 11) is 0. The normalized spacial score (nSPS) is 14.8. The molecule has 0 radical (unpaired) electrons. The van der Waals surface area contributed by atoms with Gasteiger partial charge in [0.15, 0.2) is 0 Å². The Morgan fingerprint density at radius 1 is 1.08 bits per heavy atom. The SMILES string of the molecule is O=C1CCc2cc(C(Cn3ccnc3)c3ccccc3)ccc2N1. The molecule has 4 rings (SSSR count). The Kier molecular flexibility index (Phi) is 3.87. The largest absolute Gasteiger partial charge is 0.337 e. The van der Waals surface area contributed by atoms with Crippen molar-refractivity contribution >= 4 is 11.6 Å². The smallest absolute Gasteiger partial charge is 0.224 e. The number of hydrogen-bond donors (Lipinski definition) is 1. The van der Waals surface area contributed by atoms with Crippen LogP contribution in [0.5, 0.6) is 0 Å². The zero-order valence-electron chi connectivity index (χ0n) is 13.4. The third-order valence-electron chi connectivity index (χ3n) is 4.58. The Bertz CT molecular complexity index is 841. The molecular weight excluding hydrogens is 298 g/mol. The van der Waals surface area contributed by atoms with E-state index in [1.807, 2.05) is 30.9 Å². The molecule has 0 saturated heterocycles. The lowest BCUT2D eigenvalue weighted by Gasteiger charge is -2.22. The number of nitrogens with one attached hydrogen (secondary N) is 1. The van der Waals surface area contributed by atoms with Crippen LogP contribution in [0.2, 0.25) is 0 Å². The number of imidazole rings is 1. The summed E-state index contributed by atoms with van der Waals surface area (Å²) in [4.78, 5) is 15.7. The van der Waals surface area contributed by atoms with E-state index in [4.69, 9.17) is 0 Å². The highest BCUT2D eigenvalue weighted by Gasteiger charge is 2.19. The van der Waals surface area contributed by atoms with E-state index in [-0.39, 0.29) is 11.8 Å². The molecule has 2 aromatic carbocycles. The molecule has 0 bridgehead atoms. The van der Waals surface area contributed by atoms with Gasteiger partial charge in [0.1, 0.15) is 0 Å². The number of hydrogen-bond acceptors (Lipinski definition) is 2. The van der Waals surface area contributed by atoms with Crippen molar-refractivity contribution in [2.45, 2.75) is 25.3 Å². The fourth-order valence-corrected chi connectivity index (χ4v) is 3.31. The Morgan fingerprint density at radius 3 is 2.75 bits per heavy atom. The van der Waals surface area contributed by atoms with Crippen molar-refractivity contribution in [3.63, 3.8) is 0 Å². The zero-order chi connectivity index (χ0) is 16.4. The molecule has 1 aromatic heterocycles. The summed E-state index contributed by atoms with van der Waals surface area (Å²) >= 11 is 0. The second-order valence-electron chi connectivity index (χ2n) is 6.19. The van der Waals surface area contributed by atoms with Crippen molar-refractivity contribution < 1.29 is 4.79 Å². The number of nitrogens with zero attached hydrogens (tertiary/aromatic N) is 2. The third-order valence-corrected chi connectivity index (χ3v) is 4.58. The zero-order valence-corrected chi connectivity index (χ0v) is 13.4. The molecule has 1 amide bonds. The summed E-state index contributed by atoms with van der Waals surface area (Å²) in [5.41, 5.74) is 4.72. The summed E-state index contributed by atoms with van der Waals surface area (Å²) in [6.45, 7) is 0.842. The standard InChI is InChI=1S/C20H19N3O/c24-20-9-7-17-12-16(6-8-19(17)22-20)18(13-23-11-10-21-14-23)15-4-2-1-3-5-15/h1-6,8,10-12,14,18H,7,9,13H2,(H,22,24). The van der Waals surface area contributed by atoms with Crippen molar-refractivity contribution in [1.82, 2.24) is 9.55 Å². The Labute approximate surface area is 141 Å². The predicted octanol–water partition coefficient (Wildman–Crippen LogP) is 3.60. The van der Waals surface area contributed by atoms with Crippen LogP contribution in [0.1, 0.15) is 29.0 Å². The monoisotopic (exact) mass is 317 g/mol. The summed E-state index contributed by atoms with van der Waals surface area (Å²) in [5, 5.41) is 2.96. The molecule has 0 aliphatic carbocycles. The number of carbonyl (C=O) groups is 1. The third kappa shape index (κ3) is 2.95. The minimum atomic E-state index is 0.105. The average Bonchev–Trinajstić information content (AvgIpc) is 3.13. The van der Waals surface area contributed by atoms with E-state index in [0.29, 0.717) is 6.42 Å². The first-order chi connectivity index (χ1) is 11.8.